The predicted octanol–water partition coefficient (Wildman–Crippen LogP) is 6.12. The lowest BCUT2D eigenvalue weighted by atomic mass is 9.99. The number of rotatable bonds is 10. The molecular formula is C32H40IN3O4. The van der Waals surface area contributed by atoms with Crippen molar-refractivity contribution >= 4 is 34.4 Å². The van der Waals surface area contributed by atoms with Gasteiger partial charge in [0, 0.05) is 11.1 Å². The highest BCUT2D eigenvalue weighted by molar-refractivity contribution is 14.1. The maximum absolute atomic E-state index is 13.1. The molecule has 0 aliphatic heterocycles. The number of hydrogen-bond acceptors (Lipinski definition) is 5. The molecule has 0 saturated heterocycles. The molecule has 3 aromatic carbocycles. The Labute approximate surface area is 251 Å². The Morgan fingerprint density at radius 3 is 1.77 bits per heavy atom. The molecule has 3 rings (SSSR count). The number of amides is 2. The van der Waals surface area contributed by atoms with Crippen LogP contribution in [0.4, 0.5) is 0 Å². The number of aryl methyl sites for hydroxylation is 6. The monoisotopic (exact) mass is 657 g/mol. The lowest BCUT2D eigenvalue weighted by molar-refractivity contribution is 0.0633. The van der Waals surface area contributed by atoms with Crippen LogP contribution in [0.5, 0.6) is 11.5 Å². The SMILES string of the molecule is Cc1cc(C)c(C(=O)N[C@@H](C)COc2cccc(OC[C@H](C)N(N)C(=O)c3c(C)cc(C)cc3C)c2I)c(C)c1. The van der Waals surface area contributed by atoms with E-state index in [0.29, 0.717) is 29.2 Å². The van der Waals surface area contributed by atoms with E-state index in [9.17, 15) is 9.59 Å². The van der Waals surface area contributed by atoms with Crippen molar-refractivity contribution in [1.29, 1.82) is 0 Å². The van der Waals surface area contributed by atoms with Crippen molar-refractivity contribution in [2.45, 2.75) is 67.5 Å². The van der Waals surface area contributed by atoms with Crippen LogP contribution in [0.15, 0.2) is 42.5 Å². The van der Waals surface area contributed by atoms with E-state index in [0.717, 1.165) is 37.0 Å². The number of benzene rings is 3. The minimum absolute atomic E-state index is 0.108. The van der Waals surface area contributed by atoms with Gasteiger partial charge in [0.2, 0.25) is 0 Å². The minimum Gasteiger partial charge on any atom is -0.490 e. The molecule has 0 aliphatic carbocycles. The van der Waals surface area contributed by atoms with Crippen molar-refractivity contribution in [3.8, 4) is 11.5 Å². The molecule has 2 atom stereocenters. The first-order chi connectivity index (χ1) is 18.8. The summed E-state index contributed by atoms with van der Waals surface area (Å²) in [6, 6.07) is 13.0. The third kappa shape index (κ3) is 7.54. The molecule has 8 heteroatoms. The van der Waals surface area contributed by atoms with Crippen molar-refractivity contribution in [2.75, 3.05) is 13.2 Å². The summed E-state index contributed by atoms with van der Waals surface area (Å²) in [6.45, 7) is 16.1. The molecule has 0 heterocycles. The van der Waals surface area contributed by atoms with E-state index in [1.807, 2.05) is 97.9 Å². The lowest BCUT2D eigenvalue weighted by Crippen LogP contribution is -2.47. The minimum atomic E-state index is -0.364. The molecule has 0 radical (unpaired) electrons. The van der Waals surface area contributed by atoms with Crippen LogP contribution in [-0.4, -0.2) is 42.1 Å². The van der Waals surface area contributed by atoms with Gasteiger partial charge in [-0.1, -0.05) is 41.5 Å². The van der Waals surface area contributed by atoms with Gasteiger partial charge < -0.3 is 14.8 Å². The van der Waals surface area contributed by atoms with E-state index in [-0.39, 0.29) is 30.5 Å². The van der Waals surface area contributed by atoms with Crippen LogP contribution in [-0.2, 0) is 0 Å². The Kier molecular flexibility index (Phi) is 10.6. The molecule has 40 heavy (non-hydrogen) atoms. The number of ether oxygens (including phenoxy) is 2. The largest absolute Gasteiger partial charge is 0.490 e. The third-order valence-electron chi connectivity index (χ3n) is 6.78. The molecule has 7 nitrogen and oxygen atoms in total. The van der Waals surface area contributed by atoms with E-state index in [2.05, 4.69) is 27.9 Å². The molecule has 214 valence electrons. The summed E-state index contributed by atoms with van der Waals surface area (Å²) < 4.78 is 12.9. The number of halogens is 1. The summed E-state index contributed by atoms with van der Waals surface area (Å²) in [5.41, 5.74) is 7.29. The Morgan fingerprint density at radius 1 is 0.825 bits per heavy atom. The van der Waals surface area contributed by atoms with Crippen LogP contribution in [0.1, 0.15) is 67.9 Å². The first-order valence-corrected chi connectivity index (χ1v) is 14.5. The van der Waals surface area contributed by atoms with Gasteiger partial charge in [0.1, 0.15) is 24.7 Å². The molecule has 0 aromatic heterocycles. The summed E-state index contributed by atoms with van der Waals surface area (Å²) in [4.78, 5) is 26.0. The topological polar surface area (TPSA) is 93.9 Å². The maximum Gasteiger partial charge on any atom is 0.268 e. The number of nitrogens with two attached hydrogens (primary N) is 1. The highest BCUT2D eigenvalue weighted by Crippen LogP contribution is 2.30. The first kappa shape index (κ1) is 31.4. The van der Waals surface area contributed by atoms with Crippen LogP contribution in [0.25, 0.3) is 0 Å². The normalized spacial score (nSPS) is 12.4. The Balaban J connectivity index is 1.59. The smallest absolute Gasteiger partial charge is 0.268 e. The lowest BCUT2D eigenvalue weighted by Gasteiger charge is -2.26. The van der Waals surface area contributed by atoms with Crippen molar-refractivity contribution < 1.29 is 19.1 Å². The van der Waals surface area contributed by atoms with E-state index in [4.69, 9.17) is 15.3 Å². The van der Waals surface area contributed by atoms with Crippen LogP contribution in [0.2, 0.25) is 0 Å². The predicted molar refractivity (Wildman–Crippen MR) is 168 cm³/mol. The standard InChI is InChI=1S/C32H40IN3O4/c1-18-12-20(3)28(21(4)13-18)31(37)35-24(7)16-39-26-10-9-11-27(30(26)33)40-17-25(8)36(34)32(38)29-22(5)14-19(2)15-23(29)6/h9-15,24-25H,16-17,34H2,1-8H3,(H,35,37)/t24-,25-/m0/s1. The van der Waals surface area contributed by atoms with Gasteiger partial charge in [-0.3, -0.25) is 14.6 Å². The summed E-state index contributed by atoms with van der Waals surface area (Å²) in [6.07, 6.45) is 0. The van der Waals surface area contributed by atoms with Crippen molar-refractivity contribution in [3.63, 3.8) is 0 Å². The summed E-state index contributed by atoms with van der Waals surface area (Å²) in [5, 5.41) is 4.28. The van der Waals surface area contributed by atoms with Gasteiger partial charge in [0.05, 0.1) is 15.7 Å². The fourth-order valence-electron chi connectivity index (χ4n) is 4.94. The van der Waals surface area contributed by atoms with E-state index in [1.165, 1.54) is 5.01 Å². The van der Waals surface area contributed by atoms with Crippen molar-refractivity contribution in [2.24, 2.45) is 5.84 Å². The molecular weight excluding hydrogens is 617 g/mol. The second kappa shape index (κ2) is 13.5. The van der Waals surface area contributed by atoms with Crippen LogP contribution < -0.4 is 20.6 Å². The molecule has 3 aromatic rings. The molecule has 0 aliphatic rings. The molecule has 0 unspecified atom stereocenters. The third-order valence-corrected chi connectivity index (χ3v) is 7.84. The Morgan fingerprint density at radius 2 is 1.27 bits per heavy atom. The average molecular weight is 658 g/mol. The highest BCUT2D eigenvalue weighted by atomic mass is 127. The van der Waals surface area contributed by atoms with E-state index < -0.39 is 0 Å². The quantitative estimate of drug-likeness (QED) is 0.119. The van der Waals surface area contributed by atoms with Gasteiger partial charge >= 0.3 is 0 Å². The molecule has 0 fully saturated rings. The zero-order valence-corrected chi connectivity index (χ0v) is 26.8. The van der Waals surface area contributed by atoms with Crippen molar-refractivity contribution in [3.05, 3.63) is 90.5 Å². The molecule has 2 amide bonds. The van der Waals surface area contributed by atoms with Crippen LogP contribution in [0, 0.1) is 45.1 Å². The first-order valence-electron chi connectivity index (χ1n) is 13.4. The Bertz CT molecular complexity index is 1360. The number of nitrogens with zero attached hydrogens (tertiary/aromatic N) is 1. The van der Waals surface area contributed by atoms with E-state index in [1.54, 1.807) is 0 Å². The Hall–Kier alpha value is -3.11. The number of hydrazine groups is 1. The second-order valence-electron chi connectivity index (χ2n) is 10.7. The van der Waals surface area contributed by atoms with Gasteiger partial charge in [-0.2, -0.15) is 0 Å². The number of hydrogen-bond donors (Lipinski definition) is 2. The summed E-state index contributed by atoms with van der Waals surface area (Å²) in [5.74, 6) is 7.18. The fraction of sp³-hybridized carbons (Fsp3) is 0.375. The number of carbonyl (C=O) groups excluding carboxylic acids is 2. The molecule has 0 spiro atoms. The fourth-order valence-corrected chi connectivity index (χ4v) is 5.61. The summed E-state index contributed by atoms with van der Waals surface area (Å²) in [7, 11) is 0. The van der Waals surface area contributed by atoms with Gasteiger partial charge in [-0.15, -0.1) is 0 Å². The van der Waals surface area contributed by atoms with Gasteiger partial charge in [-0.05, 0) is 112 Å². The highest BCUT2D eigenvalue weighted by Gasteiger charge is 2.23. The number of nitrogens with one attached hydrogen (secondary N) is 1. The number of carbonyl (C=O) groups is 2. The second-order valence-corrected chi connectivity index (χ2v) is 11.8. The van der Waals surface area contributed by atoms with Crippen molar-refractivity contribution in [1.82, 2.24) is 10.3 Å². The van der Waals surface area contributed by atoms with Crippen LogP contribution in [0.3, 0.4) is 0 Å². The molecule has 0 bridgehead atoms. The summed E-state index contributed by atoms with van der Waals surface area (Å²) >= 11 is 2.18. The van der Waals surface area contributed by atoms with Crippen LogP contribution >= 0.6 is 22.6 Å². The average Bonchev–Trinajstić information content (AvgIpc) is 2.85. The zero-order valence-electron chi connectivity index (χ0n) is 24.6. The molecule has 0 saturated carbocycles. The molecule has 3 N–H and O–H groups in total. The maximum atomic E-state index is 13.1. The van der Waals surface area contributed by atoms with Gasteiger partial charge in [-0.25, -0.2) is 5.84 Å². The van der Waals surface area contributed by atoms with Gasteiger partial charge in [0.25, 0.3) is 11.8 Å². The van der Waals surface area contributed by atoms with E-state index >= 15 is 0 Å². The zero-order chi connectivity index (χ0) is 29.7. The van der Waals surface area contributed by atoms with Gasteiger partial charge in [0.15, 0.2) is 0 Å².